The molecule has 0 saturated heterocycles. The molecule has 4 rings (SSSR count). The van der Waals surface area contributed by atoms with Crippen LogP contribution < -0.4 is 5.32 Å². The number of rotatable bonds is 2. The Bertz CT molecular complexity index is 980. The Morgan fingerprint density at radius 1 is 1.04 bits per heavy atom. The second kappa shape index (κ2) is 5.85. The van der Waals surface area contributed by atoms with Crippen LogP contribution in [0.3, 0.4) is 0 Å². The van der Waals surface area contributed by atoms with Gasteiger partial charge in [-0.15, -0.1) is 0 Å². The van der Waals surface area contributed by atoms with Crippen LogP contribution in [0.4, 0.5) is 5.69 Å². The van der Waals surface area contributed by atoms with E-state index in [9.17, 15) is 9.59 Å². The lowest BCUT2D eigenvalue weighted by Crippen LogP contribution is -2.11. The van der Waals surface area contributed by atoms with E-state index in [0.29, 0.717) is 6.42 Å². The first-order valence-corrected chi connectivity index (χ1v) is 8.46. The molecule has 0 aromatic heterocycles. The van der Waals surface area contributed by atoms with E-state index in [2.05, 4.69) is 36.5 Å². The van der Waals surface area contributed by atoms with Crippen LogP contribution >= 0.6 is 0 Å². The Morgan fingerprint density at radius 3 is 2.64 bits per heavy atom. The average molecular weight is 329 g/mol. The van der Waals surface area contributed by atoms with Gasteiger partial charge in [0.15, 0.2) is 5.78 Å². The molecule has 0 spiro atoms. The van der Waals surface area contributed by atoms with Crippen molar-refractivity contribution in [1.29, 1.82) is 0 Å². The largest absolute Gasteiger partial charge is 0.325 e. The van der Waals surface area contributed by atoms with E-state index < -0.39 is 0 Å². The minimum Gasteiger partial charge on any atom is -0.325 e. The first-order chi connectivity index (χ1) is 12.0. The first kappa shape index (κ1) is 15.6. The van der Waals surface area contributed by atoms with Gasteiger partial charge in [0.25, 0.3) is 0 Å². The number of hydrogen-bond acceptors (Lipinski definition) is 2. The standard InChI is InChI=1S/C22H19NO2/c1-13-3-7-16-11-18-19(17(16)9-13)12-22(25)23-21-8-6-15(10-20(18)21)5-4-14(2)24/h3-10H,11-12H2,1-2H3,(H,23,25)/b5-4+. The minimum absolute atomic E-state index is 0.0203. The Kier molecular flexibility index (Phi) is 3.65. The van der Waals surface area contributed by atoms with E-state index in [0.717, 1.165) is 28.8 Å². The molecule has 1 aliphatic carbocycles. The van der Waals surface area contributed by atoms with Gasteiger partial charge in [-0.25, -0.2) is 0 Å². The summed E-state index contributed by atoms with van der Waals surface area (Å²) < 4.78 is 0. The van der Waals surface area contributed by atoms with Crippen molar-refractivity contribution >= 4 is 34.6 Å². The van der Waals surface area contributed by atoms with Gasteiger partial charge in [0.1, 0.15) is 0 Å². The first-order valence-electron chi connectivity index (χ1n) is 8.46. The fourth-order valence-electron chi connectivity index (χ4n) is 3.64. The third-order valence-electron chi connectivity index (χ3n) is 4.81. The summed E-state index contributed by atoms with van der Waals surface area (Å²) in [5, 5.41) is 3.02. The molecule has 124 valence electrons. The van der Waals surface area contributed by atoms with Crippen molar-refractivity contribution in [3.8, 4) is 0 Å². The van der Waals surface area contributed by atoms with Gasteiger partial charge in [-0.2, -0.15) is 0 Å². The van der Waals surface area contributed by atoms with Gasteiger partial charge in [-0.1, -0.05) is 35.9 Å². The third-order valence-corrected chi connectivity index (χ3v) is 4.81. The number of fused-ring (bicyclic) bond motifs is 4. The zero-order valence-electron chi connectivity index (χ0n) is 14.3. The maximum atomic E-state index is 12.4. The van der Waals surface area contributed by atoms with Crippen molar-refractivity contribution in [3.05, 3.63) is 70.3 Å². The number of anilines is 1. The molecule has 25 heavy (non-hydrogen) atoms. The molecule has 0 fully saturated rings. The zero-order valence-corrected chi connectivity index (χ0v) is 14.3. The summed E-state index contributed by atoms with van der Waals surface area (Å²) in [6, 6.07) is 12.4. The molecule has 0 atom stereocenters. The van der Waals surface area contributed by atoms with Gasteiger partial charge < -0.3 is 5.32 Å². The summed E-state index contributed by atoms with van der Waals surface area (Å²) in [6.07, 6.45) is 4.63. The van der Waals surface area contributed by atoms with Crippen LogP contribution in [0.1, 0.15) is 41.2 Å². The van der Waals surface area contributed by atoms with Crippen molar-refractivity contribution in [1.82, 2.24) is 0 Å². The maximum absolute atomic E-state index is 12.4. The molecule has 2 aliphatic rings. The van der Waals surface area contributed by atoms with Gasteiger partial charge in [-0.05, 0) is 66.3 Å². The highest BCUT2D eigenvalue weighted by Gasteiger charge is 2.28. The van der Waals surface area contributed by atoms with Crippen LogP contribution in [0.2, 0.25) is 0 Å². The van der Waals surface area contributed by atoms with Crippen molar-refractivity contribution in [2.45, 2.75) is 26.7 Å². The molecule has 0 unspecified atom stereocenters. The fraction of sp³-hybridized carbons (Fsp3) is 0.182. The molecule has 2 aromatic rings. The van der Waals surface area contributed by atoms with Crippen LogP contribution in [-0.4, -0.2) is 11.7 Å². The number of carbonyl (C=O) groups excluding carboxylic acids is 2. The van der Waals surface area contributed by atoms with Gasteiger partial charge in [-0.3, -0.25) is 9.59 Å². The molecule has 3 heteroatoms. The van der Waals surface area contributed by atoms with Crippen LogP contribution in [0.5, 0.6) is 0 Å². The molecule has 1 amide bonds. The summed E-state index contributed by atoms with van der Waals surface area (Å²) >= 11 is 0. The second-order valence-electron chi connectivity index (χ2n) is 6.77. The summed E-state index contributed by atoms with van der Waals surface area (Å²) in [6.45, 7) is 3.62. The summed E-state index contributed by atoms with van der Waals surface area (Å²) in [5.41, 5.74) is 8.89. The van der Waals surface area contributed by atoms with Crippen molar-refractivity contribution < 1.29 is 9.59 Å². The predicted molar refractivity (Wildman–Crippen MR) is 101 cm³/mol. The van der Waals surface area contributed by atoms with E-state index >= 15 is 0 Å². The number of nitrogens with one attached hydrogen (secondary N) is 1. The number of amides is 1. The highest BCUT2D eigenvalue weighted by molar-refractivity contribution is 6.12. The van der Waals surface area contributed by atoms with E-state index in [1.165, 1.54) is 29.2 Å². The fourth-order valence-corrected chi connectivity index (χ4v) is 3.64. The Morgan fingerprint density at radius 2 is 1.84 bits per heavy atom. The number of ketones is 1. The van der Waals surface area contributed by atoms with Gasteiger partial charge >= 0.3 is 0 Å². The molecular weight excluding hydrogens is 310 g/mol. The minimum atomic E-state index is 0.0203. The summed E-state index contributed by atoms with van der Waals surface area (Å²) in [7, 11) is 0. The topological polar surface area (TPSA) is 46.2 Å². The normalized spacial score (nSPS) is 15.5. The van der Waals surface area contributed by atoms with E-state index in [4.69, 9.17) is 0 Å². The Labute approximate surface area is 147 Å². The average Bonchev–Trinajstić information content (AvgIpc) is 2.84. The molecule has 0 radical (unpaired) electrons. The zero-order chi connectivity index (χ0) is 17.6. The van der Waals surface area contributed by atoms with Gasteiger partial charge in [0.2, 0.25) is 5.91 Å². The molecule has 0 saturated carbocycles. The number of allylic oxidation sites excluding steroid dienone is 2. The number of carbonyl (C=O) groups is 2. The summed E-state index contributed by atoms with van der Waals surface area (Å²) in [5.74, 6) is 0.0412. The lowest BCUT2D eigenvalue weighted by Gasteiger charge is -2.11. The monoisotopic (exact) mass is 329 g/mol. The number of hydrogen-bond donors (Lipinski definition) is 1. The van der Waals surface area contributed by atoms with Crippen molar-refractivity contribution in [3.63, 3.8) is 0 Å². The van der Waals surface area contributed by atoms with E-state index in [1.54, 1.807) is 6.08 Å². The molecular formula is C22H19NO2. The quantitative estimate of drug-likeness (QED) is 0.830. The molecule has 3 nitrogen and oxygen atoms in total. The Hall–Kier alpha value is -2.94. The van der Waals surface area contributed by atoms with Crippen molar-refractivity contribution in [2.75, 3.05) is 5.32 Å². The molecule has 2 aromatic carbocycles. The number of benzene rings is 2. The summed E-state index contributed by atoms with van der Waals surface area (Å²) in [4.78, 5) is 23.6. The third kappa shape index (κ3) is 2.82. The maximum Gasteiger partial charge on any atom is 0.228 e. The van der Waals surface area contributed by atoms with Crippen molar-refractivity contribution in [2.24, 2.45) is 0 Å². The van der Waals surface area contributed by atoms with Crippen LogP contribution in [0.25, 0.3) is 17.2 Å². The highest BCUT2D eigenvalue weighted by atomic mass is 16.1. The smallest absolute Gasteiger partial charge is 0.228 e. The Balaban J connectivity index is 1.87. The van der Waals surface area contributed by atoms with Crippen LogP contribution in [-0.2, 0) is 16.0 Å². The van der Waals surface area contributed by atoms with Gasteiger partial charge in [0, 0.05) is 11.3 Å². The molecule has 1 heterocycles. The number of aryl methyl sites for hydroxylation is 1. The van der Waals surface area contributed by atoms with Crippen LogP contribution in [0.15, 0.2) is 42.5 Å². The lowest BCUT2D eigenvalue weighted by molar-refractivity contribution is -0.115. The molecule has 1 aliphatic heterocycles. The predicted octanol–water partition coefficient (Wildman–Crippen LogP) is 4.41. The SMILES string of the molecule is CC(=O)/C=C/c1ccc2c(c1)C1=C(CC(=O)N2)c2cc(C)ccc2C1. The lowest BCUT2D eigenvalue weighted by atomic mass is 9.96. The van der Waals surface area contributed by atoms with E-state index in [1.807, 2.05) is 18.2 Å². The van der Waals surface area contributed by atoms with Gasteiger partial charge in [0.05, 0.1) is 6.42 Å². The molecule has 1 N–H and O–H groups in total. The second-order valence-corrected chi connectivity index (χ2v) is 6.77. The van der Waals surface area contributed by atoms with Crippen LogP contribution in [0, 0.1) is 6.92 Å². The molecule has 0 bridgehead atoms. The van der Waals surface area contributed by atoms with E-state index in [-0.39, 0.29) is 11.7 Å². The highest BCUT2D eigenvalue weighted by Crippen LogP contribution is 2.44.